The van der Waals surface area contributed by atoms with Crippen LogP contribution in [0.25, 0.3) is 0 Å². The van der Waals surface area contributed by atoms with E-state index in [4.69, 9.17) is 32.7 Å². The topological polar surface area (TPSA) is 92.4 Å². The number of hydrogen-bond donors (Lipinski definition) is 2. The van der Waals surface area contributed by atoms with Gasteiger partial charge in [0.05, 0.1) is 27.0 Å². The number of aromatic carboxylic acids is 1. The summed E-state index contributed by atoms with van der Waals surface area (Å²) < 4.78 is 4.94. The number of carbonyl (C=O) groups is 2. The maximum absolute atomic E-state index is 11.9. The summed E-state index contributed by atoms with van der Waals surface area (Å²) in [7, 11) is 0. The summed E-state index contributed by atoms with van der Waals surface area (Å²) in [5, 5.41) is 11.4. The Labute approximate surface area is 123 Å². The normalized spacial score (nSPS) is 10.3. The van der Waals surface area contributed by atoms with Crippen LogP contribution in [0.5, 0.6) is 0 Å². The van der Waals surface area contributed by atoms with Gasteiger partial charge in [-0.05, 0) is 19.1 Å². The highest BCUT2D eigenvalue weighted by Crippen LogP contribution is 2.32. The van der Waals surface area contributed by atoms with Gasteiger partial charge in [0.15, 0.2) is 6.39 Å². The number of hydrogen-bond acceptors (Lipinski definition) is 4. The van der Waals surface area contributed by atoms with E-state index in [9.17, 15) is 9.59 Å². The molecule has 0 aliphatic heterocycles. The number of carbonyl (C=O) groups excluding carboxylic acids is 1. The molecule has 1 amide bonds. The fourth-order valence-electron chi connectivity index (χ4n) is 1.51. The second-order valence-corrected chi connectivity index (χ2v) is 4.66. The van der Waals surface area contributed by atoms with Crippen molar-refractivity contribution in [2.75, 3.05) is 5.32 Å². The van der Waals surface area contributed by atoms with Gasteiger partial charge in [0.1, 0.15) is 0 Å². The first-order valence-electron chi connectivity index (χ1n) is 5.34. The minimum Gasteiger partial charge on any atom is -0.478 e. The third-order valence-corrected chi connectivity index (χ3v) is 3.08. The number of benzene rings is 1. The summed E-state index contributed by atoms with van der Waals surface area (Å²) in [5.41, 5.74) is 0.449. The summed E-state index contributed by atoms with van der Waals surface area (Å²) >= 11 is 11.8. The minimum absolute atomic E-state index is 0.0143. The number of rotatable bonds is 3. The van der Waals surface area contributed by atoms with E-state index < -0.39 is 11.9 Å². The number of aromatic nitrogens is 1. The van der Waals surface area contributed by atoms with Crippen LogP contribution in [0, 0.1) is 6.92 Å². The quantitative estimate of drug-likeness (QED) is 0.907. The van der Waals surface area contributed by atoms with Gasteiger partial charge in [0.2, 0.25) is 5.76 Å². The number of nitrogens with zero attached hydrogens (tertiary/aromatic N) is 1. The summed E-state index contributed by atoms with van der Waals surface area (Å²) in [5.74, 6) is -1.72. The average Bonchev–Trinajstić information content (AvgIpc) is 2.79. The molecule has 104 valence electrons. The van der Waals surface area contributed by atoms with Crippen molar-refractivity contribution in [3.63, 3.8) is 0 Å². The Morgan fingerprint density at radius 2 is 1.90 bits per heavy atom. The molecular formula is C12H8Cl2N2O4. The fourth-order valence-corrected chi connectivity index (χ4v) is 2.09. The number of nitrogens with one attached hydrogen (secondary N) is 1. The monoisotopic (exact) mass is 314 g/mol. The number of oxazole rings is 1. The molecule has 0 saturated heterocycles. The van der Waals surface area contributed by atoms with Crippen LogP contribution in [0.15, 0.2) is 22.9 Å². The fraction of sp³-hybridized carbons (Fsp3) is 0.0833. The molecule has 0 aliphatic rings. The average molecular weight is 315 g/mol. The van der Waals surface area contributed by atoms with Crippen LogP contribution >= 0.6 is 23.2 Å². The summed E-state index contributed by atoms with van der Waals surface area (Å²) in [6.07, 6.45) is 1.14. The van der Waals surface area contributed by atoms with E-state index in [-0.39, 0.29) is 27.1 Å². The molecule has 0 aliphatic carbocycles. The van der Waals surface area contributed by atoms with Crippen molar-refractivity contribution in [2.24, 2.45) is 0 Å². The van der Waals surface area contributed by atoms with Crippen molar-refractivity contribution in [1.82, 2.24) is 4.98 Å². The Balaban J connectivity index is 2.33. The van der Waals surface area contributed by atoms with Crippen LogP contribution in [0.3, 0.4) is 0 Å². The van der Waals surface area contributed by atoms with E-state index in [0.29, 0.717) is 5.69 Å². The highest BCUT2D eigenvalue weighted by Gasteiger charge is 2.18. The summed E-state index contributed by atoms with van der Waals surface area (Å²) in [6.45, 7) is 1.61. The minimum atomic E-state index is -1.17. The molecule has 0 saturated carbocycles. The van der Waals surface area contributed by atoms with Crippen LogP contribution in [-0.2, 0) is 0 Å². The summed E-state index contributed by atoms with van der Waals surface area (Å²) in [4.78, 5) is 26.6. The molecule has 0 unspecified atom stereocenters. The first-order chi connectivity index (χ1) is 9.40. The number of halogens is 2. The summed E-state index contributed by atoms with van der Waals surface area (Å²) in [6, 6.07) is 2.39. The zero-order valence-electron chi connectivity index (χ0n) is 10.1. The van der Waals surface area contributed by atoms with Crippen molar-refractivity contribution in [3.8, 4) is 0 Å². The lowest BCUT2D eigenvalue weighted by molar-refractivity contribution is 0.0696. The molecule has 2 N–H and O–H groups in total. The van der Waals surface area contributed by atoms with E-state index >= 15 is 0 Å². The lowest BCUT2D eigenvalue weighted by Gasteiger charge is -2.09. The van der Waals surface area contributed by atoms with Crippen LogP contribution in [0.1, 0.15) is 26.6 Å². The molecule has 0 spiro atoms. The standard InChI is InChI=1S/C12H8Cl2N2O4/c1-5-10(20-4-15-5)11(17)16-9-7(13)2-6(12(18)19)3-8(9)14/h2-4H,1H3,(H,16,17)(H,18,19). The largest absolute Gasteiger partial charge is 0.478 e. The Morgan fingerprint density at radius 3 is 2.35 bits per heavy atom. The van der Waals surface area contributed by atoms with Gasteiger partial charge in [0, 0.05) is 0 Å². The van der Waals surface area contributed by atoms with Crippen molar-refractivity contribution in [1.29, 1.82) is 0 Å². The van der Waals surface area contributed by atoms with Gasteiger partial charge >= 0.3 is 5.97 Å². The zero-order chi connectivity index (χ0) is 14.9. The van der Waals surface area contributed by atoms with Crippen molar-refractivity contribution >= 4 is 40.8 Å². The molecule has 8 heteroatoms. The lowest BCUT2D eigenvalue weighted by atomic mass is 10.2. The number of carboxylic acids is 1. The van der Waals surface area contributed by atoms with Gasteiger partial charge in [-0.3, -0.25) is 4.79 Å². The molecule has 0 atom stereocenters. The lowest BCUT2D eigenvalue weighted by Crippen LogP contribution is -2.13. The van der Waals surface area contributed by atoms with Crippen LogP contribution in [0.2, 0.25) is 10.0 Å². The Bertz CT molecular complexity index is 674. The Hall–Kier alpha value is -2.05. The molecule has 20 heavy (non-hydrogen) atoms. The van der Waals surface area contributed by atoms with E-state index in [1.165, 1.54) is 12.1 Å². The molecule has 0 radical (unpaired) electrons. The molecule has 2 aromatic rings. The highest BCUT2D eigenvalue weighted by molar-refractivity contribution is 6.40. The predicted octanol–water partition coefficient (Wildman–Crippen LogP) is 3.24. The number of anilines is 1. The number of amides is 1. The van der Waals surface area contributed by atoms with Crippen molar-refractivity contribution in [3.05, 3.63) is 45.6 Å². The Kier molecular flexibility index (Phi) is 3.96. The molecule has 0 fully saturated rings. The van der Waals surface area contributed by atoms with Crippen molar-refractivity contribution in [2.45, 2.75) is 6.92 Å². The predicted molar refractivity (Wildman–Crippen MR) is 72.6 cm³/mol. The third kappa shape index (κ3) is 2.76. The molecule has 1 heterocycles. The van der Waals surface area contributed by atoms with Crippen molar-refractivity contribution < 1.29 is 19.1 Å². The molecule has 0 bridgehead atoms. The molecule has 6 nitrogen and oxygen atoms in total. The van der Waals surface area contributed by atoms with E-state index in [1.807, 2.05) is 0 Å². The third-order valence-electron chi connectivity index (χ3n) is 2.48. The van der Waals surface area contributed by atoms with Crippen LogP contribution in [0.4, 0.5) is 5.69 Å². The SMILES string of the molecule is Cc1ncoc1C(=O)Nc1c(Cl)cc(C(=O)O)cc1Cl. The first-order valence-corrected chi connectivity index (χ1v) is 6.09. The van der Waals surface area contributed by atoms with Gasteiger partial charge in [-0.1, -0.05) is 23.2 Å². The van der Waals surface area contributed by atoms with Gasteiger partial charge < -0.3 is 14.8 Å². The van der Waals surface area contributed by atoms with Gasteiger partial charge in [-0.15, -0.1) is 0 Å². The molecular weight excluding hydrogens is 307 g/mol. The smallest absolute Gasteiger partial charge is 0.335 e. The van der Waals surface area contributed by atoms with E-state index in [1.54, 1.807) is 6.92 Å². The molecule has 1 aromatic carbocycles. The zero-order valence-corrected chi connectivity index (χ0v) is 11.6. The second kappa shape index (κ2) is 5.52. The van der Waals surface area contributed by atoms with Crippen LogP contribution in [-0.4, -0.2) is 22.0 Å². The number of carboxylic acid groups (broad SMARTS) is 1. The maximum Gasteiger partial charge on any atom is 0.335 e. The van der Waals surface area contributed by atoms with E-state index in [2.05, 4.69) is 10.3 Å². The Morgan fingerprint density at radius 1 is 1.30 bits per heavy atom. The number of aryl methyl sites for hydroxylation is 1. The maximum atomic E-state index is 11.9. The van der Waals surface area contributed by atoms with Gasteiger partial charge in [-0.25, -0.2) is 9.78 Å². The highest BCUT2D eigenvalue weighted by atomic mass is 35.5. The second-order valence-electron chi connectivity index (χ2n) is 3.84. The molecule has 1 aromatic heterocycles. The molecule has 2 rings (SSSR count). The van der Waals surface area contributed by atoms with Crippen LogP contribution < -0.4 is 5.32 Å². The van der Waals surface area contributed by atoms with Gasteiger partial charge in [-0.2, -0.15) is 0 Å². The first kappa shape index (κ1) is 14.4. The van der Waals surface area contributed by atoms with E-state index in [0.717, 1.165) is 6.39 Å². The van der Waals surface area contributed by atoms with Gasteiger partial charge in [0.25, 0.3) is 5.91 Å².